The van der Waals surface area contributed by atoms with E-state index in [4.69, 9.17) is 10.8 Å². The first-order valence-corrected chi connectivity index (χ1v) is 3.76. The molecular weight excluding hydrogens is 144 g/mol. The normalized spacial score (nSPS) is 13.5. The van der Waals surface area contributed by atoms with Gasteiger partial charge in [0, 0.05) is 6.54 Å². The van der Waals surface area contributed by atoms with Gasteiger partial charge in [-0.15, -0.1) is 0 Å². The first-order chi connectivity index (χ1) is 5.13. The van der Waals surface area contributed by atoms with Gasteiger partial charge in [0.2, 0.25) is 0 Å². The summed E-state index contributed by atoms with van der Waals surface area (Å²) in [5, 5.41) is 8.65. The minimum Gasteiger partial charge on any atom is -0.480 e. The van der Waals surface area contributed by atoms with E-state index < -0.39 is 12.0 Å². The van der Waals surface area contributed by atoms with Crippen LogP contribution in [0.3, 0.4) is 0 Å². The van der Waals surface area contributed by atoms with Crippen molar-refractivity contribution in [1.29, 1.82) is 0 Å². The van der Waals surface area contributed by atoms with E-state index in [2.05, 4.69) is 0 Å². The molecule has 3 N–H and O–H groups in total. The summed E-state index contributed by atoms with van der Waals surface area (Å²) < 4.78 is 0. The minimum absolute atomic E-state index is 0.172. The lowest BCUT2D eigenvalue weighted by molar-refractivity contribution is -0.142. The number of carboxylic acids is 1. The highest BCUT2D eigenvalue weighted by molar-refractivity contribution is 5.73. The average Bonchev–Trinajstić information content (AvgIpc) is 1.88. The minimum atomic E-state index is -0.844. The maximum atomic E-state index is 10.5. The molecule has 4 heteroatoms. The van der Waals surface area contributed by atoms with Crippen molar-refractivity contribution in [3.05, 3.63) is 0 Å². The molecule has 0 aliphatic rings. The van der Waals surface area contributed by atoms with Crippen molar-refractivity contribution >= 4 is 5.97 Å². The second kappa shape index (κ2) is 5.09. The number of nitrogens with two attached hydrogens (primary N) is 1. The van der Waals surface area contributed by atoms with E-state index in [1.54, 1.807) is 11.9 Å². The maximum Gasteiger partial charge on any atom is 0.322 e. The van der Waals surface area contributed by atoms with E-state index in [0.717, 1.165) is 13.0 Å². The lowest BCUT2D eigenvalue weighted by Crippen LogP contribution is -2.44. The Bertz CT molecular complexity index is 128. The molecule has 0 bridgehead atoms. The highest BCUT2D eigenvalue weighted by Gasteiger charge is 2.19. The highest BCUT2D eigenvalue weighted by Crippen LogP contribution is 1.95. The van der Waals surface area contributed by atoms with Gasteiger partial charge >= 0.3 is 5.97 Å². The van der Waals surface area contributed by atoms with E-state index >= 15 is 0 Å². The number of likely N-dealkylation sites (N-methyl/N-ethyl adjacent to an activating group) is 1. The molecule has 0 saturated carbocycles. The van der Waals surface area contributed by atoms with Gasteiger partial charge in [-0.3, -0.25) is 9.69 Å². The fraction of sp³-hybridized carbons (Fsp3) is 0.857. The molecule has 0 aromatic rings. The Morgan fingerprint density at radius 3 is 2.55 bits per heavy atom. The van der Waals surface area contributed by atoms with Gasteiger partial charge in [-0.25, -0.2) is 0 Å². The van der Waals surface area contributed by atoms with Crippen molar-refractivity contribution in [3.8, 4) is 0 Å². The maximum absolute atomic E-state index is 10.5. The zero-order chi connectivity index (χ0) is 8.85. The van der Waals surface area contributed by atoms with Crippen LogP contribution in [0.2, 0.25) is 0 Å². The second-order valence-electron chi connectivity index (χ2n) is 2.57. The number of aliphatic carboxylic acids is 1. The van der Waals surface area contributed by atoms with E-state index in [0.29, 0.717) is 0 Å². The Morgan fingerprint density at radius 2 is 2.27 bits per heavy atom. The molecule has 0 aliphatic heterocycles. The van der Waals surface area contributed by atoms with E-state index in [-0.39, 0.29) is 6.54 Å². The van der Waals surface area contributed by atoms with E-state index in [1.807, 2.05) is 6.92 Å². The van der Waals surface area contributed by atoms with Crippen molar-refractivity contribution in [1.82, 2.24) is 4.90 Å². The Kier molecular flexibility index (Phi) is 4.81. The fourth-order valence-electron chi connectivity index (χ4n) is 0.978. The molecule has 0 aromatic carbocycles. The lowest BCUT2D eigenvalue weighted by atomic mass is 10.2. The fourth-order valence-corrected chi connectivity index (χ4v) is 0.978. The van der Waals surface area contributed by atoms with Crippen LogP contribution in [0, 0.1) is 0 Å². The Labute approximate surface area is 67.0 Å². The van der Waals surface area contributed by atoms with Crippen LogP contribution in [0.15, 0.2) is 0 Å². The molecule has 0 aliphatic carbocycles. The molecule has 1 unspecified atom stereocenters. The van der Waals surface area contributed by atoms with E-state index in [9.17, 15) is 4.79 Å². The van der Waals surface area contributed by atoms with Crippen molar-refractivity contribution in [2.24, 2.45) is 5.73 Å². The molecule has 0 fully saturated rings. The van der Waals surface area contributed by atoms with Gasteiger partial charge in [-0.2, -0.15) is 0 Å². The molecule has 0 heterocycles. The Morgan fingerprint density at radius 1 is 1.73 bits per heavy atom. The third-order valence-corrected chi connectivity index (χ3v) is 1.62. The monoisotopic (exact) mass is 160 g/mol. The van der Waals surface area contributed by atoms with Gasteiger partial charge in [-0.1, -0.05) is 6.92 Å². The van der Waals surface area contributed by atoms with Crippen LogP contribution in [-0.4, -0.2) is 42.2 Å². The molecule has 0 saturated heterocycles. The van der Waals surface area contributed by atoms with Gasteiger partial charge in [-0.05, 0) is 20.0 Å². The smallest absolute Gasteiger partial charge is 0.322 e. The van der Waals surface area contributed by atoms with Gasteiger partial charge in [0.15, 0.2) is 0 Å². The molecule has 0 rings (SSSR count). The van der Waals surface area contributed by atoms with Gasteiger partial charge in [0.1, 0.15) is 6.04 Å². The quantitative estimate of drug-likeness (QED) is 0.581. The molecule has 0 aromatic heterocycles. The summed E-state index contributed by atoms with van der Waals surface area (Å²) >= 11 is 0. The molecule has 1 atom stereocenters. The van der Waals surface area contributed by atoms with E-state index in [1.165, 1.54) is 0 Å². The summed E-state index contributed by atoms with van der Waals surface area (Å²) in [4.78, 5) is 12.3. The number of hydrogen-bond donors (Lipinski definition) is 2. The standard InChI is InChI=1S/C7H16N2O2/c1-3-4-9(2)6(5-8)7(10)11/h6H,3-5,8H2,1-2H3,(H,10,11). The zero-order valence-corrected chi connectivity index (χ0v) is 7.08. The first-order valence-electron chi connectivity index (χ1n) is 3.76. The molecule has 66 valence electrons. The molecule has 0 radical (unpaired) electrons. The zero-order valence-electron chi connectivity index (χ0n) is 7.08. The van der Waals surface area contributed by atoms with Gasteiger partial charge in [0.05, 0.1) is 0 Å². The number of carbonyl (C=O) groups is 1. The average molecular weight is 160 g/mol. The molecule has 11 heavy (non-hydrogen) atoms. The van der Waals surface area contributed by atoms with Crippen molar-refractivity contribution in [3.63, 3.8) is 0 Å². The SMILES string of the molecule is CCCN(C)C(CN)C(=O)O. The van der Waals surface area contributed by atoms with Gasteiger partial charge in [0.25, 0.3) is 0 Å². The highest BCUT2D eigenvalue weighted by atomic mass is 16.4. The number of carboxylic acid groups (broad SMARTS) is 1. The van der Waals surface area contributed by atoms with Crippen LogP contribution in [0.4, 0.5) is 0 Å². The number of rotatable bonds is 5. The van der Waals surface area contributed by atoms with Crippen molar-refractivity contribution in [2.45, 2.75) is 19.4 Å². The van der Waals surface area contributed by atoms with Crippen molar-refractivity contribution in [2.75, 3.05) is 20.1 Å². The predicted molar refractivity (Wildman–Crippen MR) is 43.4 cm³/mol. The Hall–Kier alpha value is -0.610. The first kappa shape index (κ1) is 10.4. The van der Waals surface area contributed by atoms with Crippen LogP contribution in [0.1, 0.15) is 13.3 Å². The van der Waals surface area contributed by atoms with Crippen LogP contribution in [-0.2, 0) is 4.79 Å². The van der Waals surface area contributed by atoms with Crippen LogP contribution in [0.5, 0.6) is 0 Å². The summed E-state index contributed by atoms with van der Waals surface area (Å²) in [5.74, 6) is -0.844. The summed E-state index contributed by atoms with van der Waals surface area (Å²) in [6, 6.07) is -0.532. The molecule has 0 amide bonds. The summed E-state index contributed by atoms with van der Waals surface area (Å²) in [6.07, 6.45) is 0.945. The molecule has 4 nitrogen and oxygen atoms in total. The number of hydrogen-bond acceptors (Lipinski definition) is 3. The van der Waals surface area contributed by atoms with Crippen molar-refractivity contribution < 1.29 is 9.90 Å². The second-order valence-corrected chi connectivity index (χ2v) is 2.57. The molecule has 0 spiro atoms. The largest absolute Gasteiger partial charge is 0.480 e. The summed E-state index contributed by atoms with van der Waals surface area (Å²) in [7, 11) is 1.77. The molecular formula is C7H16N2O2. The predicted octanol–water partition coefficient (Wildman–Crippen LogP) is -0.260. The third kappa shape index (κ3) is 3.34. The van der Waals surface area contributed by atoms with Gasteiger partial charge < -0.3 is 10.8 Å². The number of nitrogens with zero attached hydrogens (tertiary/aromatic N) is 1. The van der Waals surface area contributed by atoms with Crippen LogP contribution >= 0.6 is 0 Å². The van der Waals surface area contributed by atoms with Crippen LogP contribution in [0.25, 0.3) is 0 Å². The third-order valence-electron chi connectivity index (χ3n) is 1.62. The summed E-state index contributed by atoms with van der Waals surface area (Å²) in [5.41, 5.74) is 5.28. The summed E-state index contributed by atoms with van der Waals surface area (Å²) in [6.45, 7) is 2.95. The lowest BCUT2D eigenvalue weighted by Gasteiger charge is -2.22. The Balaban J connectivity index is 3.91. The van der Waals surface area contributed by atoms with Crippen LogP contribution < -0.4 is 5.73 Å². The topological polar surface area (TPSA) is 66.6 Å².